The summed E-state index contributed by atoms with van der Waals surface area (Å²) in [5, 5.41) is 5.31. The molecule has 1 aliphatic rings. The summed E-state index contributed by atoms with van der Waals surface area (Å²) in [6, 6.07) is 8.48. The van der Waals surface area contributed by atoms with E-state index < -0.39 is 0 Å². The van der Waals surface area contributed by atoms with E-state index in [1.807, 2.05) is 30.5 Å². The lowest BCUT2D eigenvalue weighted by Crippen LogP contribution is -2.01. The fraction of sp³-hybridized carbons (Fsp3) is 0.250. The highest BCUT2D eigenvalue weighted by atomic mass is 35.5. The molecule has 0 amide bonds. The topological polar surface area (TPSA) is 24.9 Å². The molecule has 0 radical (unpaired) electrons. The molecular formula is C12H11ClN2. The minimum absolute atomic E-state index is 0.619. The lowest BCUT2D eigenvalue weighted by molar-refractivity contribution is 1.16. The average Bonchev–Trinajstić information content (AvgIpc) is 3.01. The molecule has 1 fully saturated rings. The normalized spacial score (nSPS) is 15.5. The van der Waals surface area contributed by atoms with Crippen molar-refractivity contribution < 1.29 is 0 Å². The van der Waals surface area contributed by atoms with Crippen molar-refractivity contribution in [1.29, 1.82) is 0 Å². The van der Waals surface area contributed by atoms with E-state index in [2.05, 4.69) is 10.3 Å². The van der Waals surface area contributed by atoms with E-state index >= 15 is 0 Å². The lowest BCUT2D eigenvalue weighted by atomic mass is 10.2. The van der Waals surface area contributed by atoms with E-state index in [0.717, 1.165) is 21.6 Å². The third-order valence-electron chi connectivity index (χ3n) is 2.61. The summed E-state index contributed by atoms with van der Waals surface area (Å²) in [5.41, 5.74) is 2.06. The van der Waals surface area contributed by atoms with Crippen molar-refractivity contribution in [2.24, 2.45) is 0 Å². The monoisotopic (exact) mass is 218 g/mol. The predicted octanol–water partition coefficient (Wildman–Crippen LogP) is 3.46. The Kier molecular flexibility index (Phi) is 2.03. The molecule has 15 heavy (non-hydrogen) atoms. The van der Waals surface area contributed by atoms with Crippen LogP contribution in [0.4, 0.5) is 5.69 Å². The second-order valence-electron chi connectivity index (χ2n) is 3.95. The maximum atomic E-state index is 6.06. The molecular weight excluding hydrogens is 208 g/mol. The van der Waals surface area contributed by atoms with Gasteiger partial charge in [0.15, 0.2) is 0 Å². The van der Waals surface area contributed by atoms with Crippen LogP contribution in [0.5, 0.6) is 0 Å². The van der Waals surface area contributed by atoms with E-state index in [1.54, 1.807) is 0 Å². The number of hydrogen-bond donors (Lipinski definition) is 1. The quantitative estimate of drug-likeness (QED) is 0.835. The van der Waals surface area contributed by atoms with Crippen LogP contribution < -0.4 is 5.32 Å². The largest absolute Gasteiger partial charge is 0.381 e. The number of fused-ring (bicyclic) bond motifs is 1. The SMILES string of the molecule is Clc1cc(NC2CC2)c2ncccc2c1. The smallest absolute Gasteiger partial charge is 0.0934 e. The number of nitrogens with one attached hydrogen (secondary N) is 1. The lowest BCUT2D eigenvalue weighted by Gasteiger charge is -2.08. The summed E-state index contributed by atoms with van der Waals surface area (Å²) in [6.45, 7) is 0. The first-order valence-electron chi connectivity index (χ1n) is 5.14. The molecule has 1 heterocycles. The van der Waals surface area contributed by atoms with Crippen molar-refractivity contribution in [3.63, 3.8) is 0 Å². The Hall–Kier alpha value is -1.28. The molecule has 0 spiro atoms. The van der Waals surface area contributed by atoms with Gasteiger partial charge in [-0.25, -0.2) is 0 Å². The van der Waals surface area contributed by atoms with Gasteiger partial charge in [-0.1, -0.05) is 17.7 Å². The van der Waals surface area contributed by atoms with Crippen LogP contribution in [0.3, 0.4) is 0 Å². The van der Waals surface area contributed by atoms with Gasteiger partial charge in [0.05, 0.1) is 11.2 Å². The van der Waals surface area contributed by atoms with Crippen LogP contribution in [0.15, 0.2) is 30.5 Å². The van der Waals surface area contributed by atoms with Gasteiger partial charge in [-0.2, -0.15) is 0 Å². The van der Waals surface area contributed by atoms with Crippen LogP contribution in [-0.2, 0) is 0 Å². The maximum absolute atomic E-state index is 6.06. The number of halogens is 1. The van der Waals surface area contributed by atoms with Gasteiger partial charge in [0.2, 0.25) is 0 Å². The van der Waals surface area contributed by atoms with Crippen LogP contribution in [0.2, 0.25) is 5.02 Å². The Morgan fingerprint density at radius 3 is 3.00 bits per heavy atom. The average molecular weight is 219 g/mol. The van der Waals surface area contributed by atoms with Crippen LogP contribution in [0.1, 0.15) is 12.8 Å². The number of benzene rings is 1. The number of rotatable bonds is 2. The van der Waals surface area contributed by atoms with Gasteiger partial charge in [-0.05, 0) is 31.0 Å². The van der Waals surface area contributed by atoms with E-state index in [0.29, 0.717) is 6.04 Å². The molecule has 1 aromatic carbocycles. The molecule has 0 aliphatic heterocycles. The highest BCUT2D eigenvalue weighted by Gasteiger charge is 2.21. The molecule has 1 saturated carbocycles. The summed E-state index contributed by atoms with van der Waals surface area (Å²) < 4.78 is 0. The maximum Gasteiger partial charge on any atom is 0.0934 e. The zero-order valence-corrected chi connectivity index (χ0v) is 8.96. The number of nitrogens with zero attached hydrogens (tertiary/aromatic N) is 1. The number of hydrogen-bond acceptors (Lipinski definition) is 2. The molecule has 3 rings (SSSR count). The first-order valence-corrected chi connectivity index (χ1v) is 5.51. The van der Waals surface area contributed by atoms with Gasteiger partial charge in [0.25, 0.3) is 0 Å². The molecule has 0 unspecified atom stereocenters. The minimum atomic E-state index is 0.619. The third kappa shape index (κ3) is 1.77. The Morgan fingerprint density at radius 2 is 2.20 bits per heavy atom. The van der Waals surface area contributed by atoms with Crippen molar-refractivity contribution in [2.45, 2.75) is 18.9 Å². The molecule has 0 bridgehead atoms. The molecule has 2 nitrogen and oxygen atoms in total. The zero-order chi connectivity index (χ0) is 10.3. The second kappa shape index (κ2) is 3.38. The highest BCUT2D eigenvalue weighted by Crippen LogP contribution is 2.31. The third-order valence-corrected chi connectivity index (χ3v) is 2.82. The first kappa shape index (κ1) is 8.98. The van der Waals surface area contributed by atoms with Crippen molar-refractivity contribution in [3.05, 3.63) is 35.5 Å². The molecule has 2 aromatic rings. The molecule has 76 valence electrons. The Morgan fingerprint density at radius 1 is 1.33 bits per heavy atom. The first-order chi connectivity index (χ1) is 7.33. The molecule has 1 N–H and O–H groups in total. The van der Waals surface area contributed by atoms with E-state index in [9.17, 15) is 0 Å². The minimum Gasteiger partial charge on any atom is -0.381 e. The van der Waals surface area contributed by atoms with Crippen molar-refractivity contribution in [3.8, 4) is 0 Å². The highest BCUT2D eigenvalue weighted by molar-refractivity contribution is 6.31. The molecule has 0 saturated heterocycles. The van der Waals surface area contributed by atoms with Crippen molar-refractivity contribution >= 4 is 28.2 Å². The van der Waals surface area contributed by atoms with E-state index in [-0.39, 0.29) is 0 Å². The summed E-state index contributed by atoms with van der Waals surface area (Å²) >= 11 is 6.06. The number of anilines is 1. The van der Waals surface area contributed by atoms with E-state index in [4.69, 9.17) is 11.6 Å². The van der Waals surface area contributed by atoms with Gasteiger partial charge in [0.1, 0.15) is 0 Å². The van der Waals surface area contributed by atoms with Gasteiger partial charge < -0.3 is 5.32 Å². The second-order valence-corrected chi connectivity index (χ2v) is 4.38. The van der Waals surface area contributed by atoms with Crippen molar-refractivity contribution in [2.75, 3.05) is 5.32 Å². The number of aromatic nitrogens is 1. The standard InChI is InChI=1S/C12H11ClN2/c13-9-6-8-2-1-5-14-12(8)11(7-9)15-10-3-4-10/h1-2,5-7,10,15H,3-4H2. The zero-order valence-electron chi connectivity index (χ0n) is 8.20. The van der Waals surface area contributed by atoms with Crippen molar-refractivity contribution in [1.82, 2.24) is 4.98 Å². The molecule has 0 atom stereocenters. The summed E-state index contributed by atoms with van der Waals surface area (Å²) in [4.78, 5) is 4.38. The van der Waals surface area contributed by atoms with Crippen LogP contribution in [0, 0.1) is 0 Å². The Labute approximate surface area is 93.3 Å². The summed E-state index contributed by atoms with van der Waals surface area (Å²) in [7, 11) is 0. The number of pyridine rings is 1. The molecule has 3 heteroatoms. The summed E-state index contributed by atoms with van der Waals surface area (Å²) in [6.07, 6.45) is 4.32. The van der Waals surface area contributed by atoms with Gasteiger partial charge in [0, 0.05) is 22.6 Å². The Balaban J connectivity index is 2.16. The predicted molar refractivity (Wildman–Crippen MR) is 63.4 cm³/mol. The van der Waals surface area contributed by atoms with E-state index in [1.165, 1.54) is 12.8 Å². The van der Waals surface area contributed by atoms with Gasteiger partial charge >= 0.3 is 0 Å². The fourth-order valence-corrected chi connectivity index (χ4v) is 1.94. The van der Waals surface area contributed by atoms with Crippen LogP contribution >= 0.6 is 11.6 Å². The van der Waals surface area contributed by atoms with Gasteiger partial charge in [-0.15, -0.1) is 0 Å². The van der Waals surface area contributed by atoms with Gasteiger partial charge in [-0.3, -0.25) is 4.98 Å². The Bertz CT molecular complexity index is 506. The van der Waals surface area contributed by atoms with Crippen LogP contribution in [0.25, 0.3) is 10.9 Å². The van der Waals surface area contributed by atoms with Crippen LogP contribution in [-0.4, -0.2) is 11.0 Å². The molecule has 1 aliphatic carbocycles. The molecule has 1 aromatic heterocycles. The fourth-order valence-electron chi connectivity index (χ4n) is 1.71. The summed E-state index contributed by atoms with van der Waals surface area (Å²) in [5.74, 6) is 0.